The highest BCUT2D eigenvalue weighted by Crippen LogP contribution is 2.80. The number of piperidine rings is 1. The molecule has 4 nitrogen and oxygen atoms in total. The van der Waals surface area contributed by atoms with Gasteiger partial charge in [0.15, 0.2) is 16.1 Å². The maximum atomic E-state index is 11.4. The van der Waals surface area contributed by atoms with Crippen LogP contribution < -0.4 is 5.32 Å². The van der Waals surface area contributed by atoms with E-state index in [1.165, 1.54) is 4.57 Å². The van der Waals surface area contributed by atoms with Gasteiger partial charge in [0.05, 0.1) is 21.2 Å². The van der Waals surface area contributed by atoms with Crippen molar-refractivity contribution in [2.24, 2.45) is 5.92 Å². The van der Waals surface area contributed by atoms with Crippen LogP contribution in [-0.4, -0.2) is 30.2 Å². The summed E-state index contributed by atoms with van der Waals surface area (Å²) in [4.78, 5) is -3.56. The number of hydrogen-bond acceptors (Lipinski definition) is 3. The Morgan fingerprint density at radius 3 is 1.77 bits per heavy atom. The van der Waals surface area contributed by atoms with Crippen LogP contribution >= 0.6 is 69.6 Å². The zero-order valence-corrected chi connectivity index (χ0v) is 22.4. The second-order valence-corrected chi connectivity index (χ2v) is 12.9. The molecular formula is C21H26Cl6N2O2. The van der Waals surface area contributed by atoms with Gasteiger partial charge >= 0.3 is 0 Å². The van der Waals surface area contributed by atoms with Gasteiger partial charge in [0.2, 0.25) is 0 Å². The fourth-order valence-electron chi connectivity index (χ4n) is 5.76. The van der Waals surface area contributed by atoms with Crippen molar-refractivity contribution in [2.45, 2.75) is 85.1 Å². The summed E-state index contributed by atoms with van der Waals surface area (Å²) in [6.07, 6.45) is 2.41. The summed E-state index contributed by atoms with van der Waals surface area (Å²) in [7, 11) is 0. The molecule has 1 aliphatic heterocycles. The highest BCUT2D eigenvalue weighted by molar-refractivity contribution is 6.65. The second kappa shape index (κ2) is 6.93. The lowest BCUT2D eigenvalue weighted by Gasteiger charge is -2.54. The molecule has 0 aromatic carbocycles. The summed E-state index contributed by atoms with van der Waals surface area (Å²) in [6.45, 7) is 10.7. The van der Waals surface area contributed by atoms with Crippen molar-refractivity contribution < 1.29 is 10.2 Å². The normalized spacial score (nSPS) is 43.6. The van der Waals surface area contributed by atoms with Crippen molar-refractivity contribution in [3.05, 3.63) is 21.2 Å². The second-order valence-electron chi connectivity index (χ2n) is 9.66. The Morgan fingerprint density at radius 2 is 1.39 bits per heavy atom. The first-order valence-corrected chi connectivity index (χ1v) is 12.6. The molecule has 6 unspecified atom stereocenters. The molecule has 2 heterocycles. The molecule has 6 atom stereocenters. The minimum absolute atomic E-state index is 0.0484. The van der Waals surface area contributed by atoms with Crippen molar-refractivity contribution in [2.75, 3.05) is 0 Å². The third-order valence-corrected chi connectivity index (χ3v) is 12.3. The maximum absolute atomic E-state index is 11.4. The van der Waals surface area contributed by atoms with Crippen LogP contribution in [0.25, 0.3) is 0 Å². The topological polar surface area (TPSA) is 57.4 Å². The summed E-state index contributed by atoms with van der Waals surface area (Å²) in [5, 5.41) is 26.5. The van der Waals surface area contributed by atoms with Crippen molar-refractivity contribution in [1.29, 1.82) is 0 Å². The van der Waals surface area contributed by atoms with E-state index in [2.05, 4.69) is 39.9 Å². The minimum Gasteiger partial charge on any atom is -0.494 e. The van der Waals surface area contributed by atoms with Gasteiger partial charge in [-0.2, -0.15) is 0 Å². The van der Waals surface area contributed by atoms with Crippen LogP contribution in [0.15, 0.2) is 10.1 Å². The number of rotatable bonds is 3. The van der Waals surface area contributed by atoms with Crippen molar-refractivity contribution in [3.63, 3.8) is 0 Å². The van der Waals surface area contributed by atoms with Gasteiger partial charge in [0.25, 0.3) is 0 Å². The number of allylic oxidation sites excluding steroid dienone is 2. The Balaban J connectivity index is 1.97. The fourth-order valence-corrected chi connectivity index (χ4v) is 8.44. The van der Waals surface area contributed by atoms with Crippen LogP contribution in [0.5, 0.6) is 11.8 Å². The molecule has 10 heteroatoms. The zero-order chi connectivity index (χ0) is 23.5. The lowest BCUT2D eigenvalue weighted by atomic mass is 9.69. The Hall–Kier alpha value is 0.320. The summed E-state index contributed by atoms with van der Waals surface area (Å²) >= 11 is 39.8. The molecule has 3 aliphatic rings. The summed E-state index contributed by atoms with van der Waals surface area (Å²) in [5.41, 5.74) is -0.206. The third kappa shape index (κ3) is 2.57. The lowest BCUT2D eigenvalue weighted by molar-refractivity contribution is 0.0386. The summed E-state index contributed by atoms with van der Waals surface area (Å²) in [6, 6.07) is -0.251. The van der Waals surface area contributed by atoms with E-state index >= 15 is 0 Å². The van der Waals surface area contributed by atoms with Crippen LogP contribution in [0.4, 0.5) is 0 Å². The average molecular weight is 551 g/mol. The molecule has 2 bridgehead atoms. The monoisotopic (exact) mass is 548 g/mol. The molecule has 0 amide bonds. The Labute approximate surface area is 212 Å². The first kappa shape index (κ1) is 24.4. The SMILES string of the molecule is CCC1(C)CC(n2c(O)c3c(c2O)C2(Cl)C(Cl)=C(Cl)C3(Cl)C2(Cl)Cl)C(C)C(C)(CC)N1. The van der Waals surface area contributed by atoms with Gasteiger partial charge in [-0.1, -0.05) is 67.2 Å². The van der Waals surface area contributed by atoms with Crippen LogP contribution in [-0.2, 0) is 9.75 Å². The van der Waals surface area contributed by atoms with Crippen LogP contribution in [0.1, 0.15) is 71.0 Å². The molecule has 31 heavy (non-hydrogen) atoms. The number of hydrogen-bond donors (Lipinski definition) is 3. The number of nitrogens with one attached hydrogen (secondary N) is 1. The quantitative estimate of drug-likeness (QED) is 0.350. The van der Waals surface area contributed by atoms with Gasteiger partial charge in [-0.25, -0.2) is 0 Å². The highest BCUT2D eigenvalue weighted by atomic mass is 35.5. The highest BCUT2D eigenvalue weighted by Gasteiger charge is 2.80. The van der Waals surface area contributed by atoms with Gasteiger partial charge in [-0.05, 0) is 39.0 Å². The third-order valence-electron chi connectivity index (χ3n) is 8.18. The lowest BCUT2D eigenvalue weighted by Crippen LogP contribution is -2.64. The van der Waals surface area contributed by atoms with Gasteiger partial charge < -0.3 is 15.5 Å². The summed E-state index contributed by atoms with van der Waals surface area (Å²) < 4.78 is -0.388. The average Bonchev–Trinajstić information content (AvgIpc) is 3.09. The predicted octanol–water partition coefficient (Wildman–Crippen LogP) is 7.17. The molecular weight excluding hydrogens is 525 g/mol. The predicted molar refractivity (Wildman–Crippen MR) is 129 cm³/mol. The number of halogens is 6. The van der Waals surface area contributed by atoms with E-state index in [0.29, 0.717) is 6.42 Å². The number of alkyl halides is 4. The number of aromatic nitrogens is 1. The van der Waals surface area contributed by atoms with Crippen molar-refractivity contribution in [1.82, 2.24) is 9.88 Å². The molecule has 0 spiro atoms. The maximum Gasteiger partial charge on any atom is 0.200 e. The van der Waals surface area contributed by atoms with Gasteiger partial charge in [-0.15, -0.1) is 23.2 Å². The van der Waals surface area contributed by atoms with Crippen LogP contribution in [0, 0.1) is 5.92 Å². The Morgan fingerprint density at radius 1 is 0.935 bits per heavy atom. The molecule has 1 aromatic rings. The van der Waals surface area contributed by atoms with E-state index in [4.69, 9.17) is 69.6 Å². The Bertz CT molecular complexity index is 957. The van der Waals surface area contributed by atoms with Gasteiger partial charge in [0.1, 0.15) is 9.75 Å². The van der Waals surface area contributed by atoms with E-state index in [0.717, 1.165) is 12.8 Å². The van der Waals surface area contributed by atoms with E-state index < -0.39 is 14.1 Å². The van der Waals surface area contributed by atoms with Crippen LogP contribution in [0.3, 0.4) is 0 Å². The first-order valence-electron chi connectivity index (χ1n) is 10.4. The zero-order valence-electron chi connectivity index (χ0n) is 17.9. The molecule has 174 valence electrons. The van der Waals surface area contributed by atoms with Gasteiger partial charge in [-0.3, -0.25) is 4.57 Å². The Kier molecular flexibility index (Phi) is 5.47. The van der Waals surface area contributed by atoms with Crippen molar-refractivity contribution >= 4 is 69.6 Å². The molecule has 3 N–H and O–H groups in total. The molecule has 1 aromatic heterocycles. The smallest absolute Gasteiger partial charge is 0.200 e. The van der Waals surface area contributed by atoms with E-state index in [1.54, 1.807) is 0 Å². The minimum atomic E-state index is -1.90. The number of aromatic hydroxyl groups is 2. The standard InChI is InChI=1S/C21H26Cl6N2O2/c1-6-17(4)8-10(9(3)18(5,7-2)28-17)29-15(30)11-12(16(29)31)20(25)14(23)13(22)19(11,24)21(20,26)27/h9-10,28,30-31H,6-8H2,1-5H3. The molecule has 1 fully saturated rings. The largest absolute Gasteiger partial charge is 0.494 e. The number of fused-ring (bicyclic) bond motifs is 5. The van der Waals surface area contributed by atoms with Gasteiger partial charge in [0, 0.05) is 17.1 Å². The first-order chi connectivity index (χ1) is 14.1. The van der Waals surface area contributed by atoms with Crippen molar-refractivity contribution in [3.8, 4) is 11.8 Å². The molecule has 1 saturated heterocycles. The fraction of sp³-hybridized carbons (Fsp3) is 0.714. The van der Waals surface area contributed by atoms with E-state index in [1.807, 2.05) is 0 Å². The molecule has 0 saturated carbocycles. The van der Waals surface area contributed by atoms with E-state index in [-0.39, 0.29) is 56.0 Å². The summed E-state index contributed by atoms with van der Waals surface area (Å²) in [5.74, 6) is -0.435. The molecule has 4 rings (SSSR count). The van der Waals surface area contributed by atoms with E-state index in [9.17, 15) is 10.2 Å². The van der Waals surface area contributed by atoms with Crippen LogP contribution in [0.2, 0.25) is 0 Å². The number of nitrogens with zero attached hydrogens (tertiary/aromatic N) is 1. The molecule has 2 aliphatic carbocycles. The molecule has 0 radical (unpaired) electrons.